The lowest BCUT2D eigenvalue weighted by Crippen LogP contribution is -2.46. The largest absolute Gasteiger partial charge is 0.381 e. The van der Waals surface area contributed by atoms with Gasteiger partial charge in [0.25, 0.3) is 5.56 Å². The number of anilines is 1. The molecule has 2 N–H and O–H groups in total. The predicted octanol–water partition coefficient (Wildman–Crippen LogP) is -1.28. The molecule has 8 heteroatoms. The highest BCUT2D eigenvalue weighted by molar-refractivity contribution is 5.56. The van der Waals surface area contributed by atoms with Crippen LogP contribution in [0, 0.1) is 4.91 Å². The van der Waals surface area contributed by atoms with Crippen LogP contribution in [0.25, 0.3) is 0 Å². The smallest absolute Gasteiger partial charge is 0.351 e. The van der Waals surface area contributed by atoms with Crippen LogP contribution in [0.3, 0.4) is 0 Å². The van der Waals surface area contributed by atoms with Crippen LogP contribution in [-0.4, -0.2) is 23.3 Å². The minimum Gasteiger partial charge on any atom is -0.381 e. The van der Waals surface area contributed by atoms with Gasteiger partial charge in [0.05, 0.1) is 0 Å². The van der Waals surface area contributed by atoms with Crippen molar-refractivity contribution in [2.45, 2.75) is 0 Å². The standard InChI is InChI=1S/C7H11N5O3/c1-10(2)12-5(8)4(9-15)6(13)11(3)7(12)14/h8H2,1-3H3. The van der Waals surface area contributed by atoms with Crippen molar-refractivity contribution in [1.82, 2.24) is 9.24 Å². The molecule has 8 nitrogen and oxygen atoms in total. The highest BCUT2D eigenvalue weighted by Gasteiger charge is 2.16. The molecule has 0 spiro atoms. The molecule has 0 atom stereocenters. The van der Waals surface area contributed by atoms with E-state index in [0.717, 1.165) is 9.24 Å². The molecule has 1 heterocycles. The lowest BCUT2D eigenvalue weighted by Gasteiger charge is -2.18. The SMILES string of the molecule is CN(C)n1c(N)c(N=O)c(=O)n(C)c1=O. The molecule has 0 aromatic carbocycles. The van der Waals surface area contributed by atoms with Crippen LogP contribution in [-0.2, 0) is 7.05 Å². The van der Waals surface area contributed by atoms with Gasteiger partial charge in [-0.2, -0.15) is 4.68 Å². The van der Waals surface area contributed by atoms with E-state index in [4.69, 9.17) is 5.73 Å². The predicted molar refractivity (Wildman–Crippen MR) is 55.9 cm³/mol. The lowest BCUT2D eigenvalue weighted by atomic mass is 10.5. The van der Waals surface area contributed by atoms with Crippen LogP contribution in [0.2, 0.25) is 0 Å². The van der Waals surface area contributed by atoms with Gasteiger partial charge < -0.3 is 10.7 Å². The third-order valence-corrected chi connectivity index (χ3v) is 1.94. The van der Waals surface area contributed by atoms with E-state index in [2.05, 4.69) is 5.18 Å². The van der Waals surface area contributed by atoms with E-state index in [9.17, 15) is 14.5 Å². The van der Waals surface area contributed by atoms with Gasteiger partial charge in [0, 0.05) is 21.1 Å². The summed E-state index contributed by atoms with van der Waals surface area (Å²) in [5, 5.41) is 3.87. The van der Waals surface area contributed by atoms with Crippen molar-refractivity contribution in [3.05, 3.63) is 25.7 Å². The van der Waals surface area contributed by atoms with Gasteiger partial charge >= 0.3 is 5.69 Å². The monoisotopic (exact) mass is 213 g/mol. The van der Waals surface area contributed by atoms with Crippen molar-refractivity contribution in [2.75, 3.05) is 24.8 Å². The maximum atomic E-state index is 11.6. The minimum absolute atomic E-state index is 0.261. The van der Waals surface area contributed by atoms with Gasteiger partial charge in [-0.25, -0.2) is 4.79 Å². The first-order chi connectivity index (χ1) is 6.91. The van der Waals surface area contributed by atoms with Gasteiger partial charge in [0.2, 0.25) is 5.69 Å². The Labute approximate surface area is 84.5 Å². The topological polar surface area (TPSA) is 103 Å². The Morgan fingerprint density at radius 3 is 2.27 bits per heavy atom. The Kier molecular flexibility index (Phi) is 2.60. The molecular formula is C7H11N5O3. The third-order valence-electron chi connectivity index (χ3n) is 1.94. The van der Waals surface area contributed by atoms with Crippen molar-refractivity contribution in [3.8, 4) is 0 Å². The number of aromatic nitrogens is 2. The molecule has 0 radical (unpaired) electrons. The summed E-state index contributed by atoms with van der Waals surface area (Å²) in [4.78, 5) is 33.4. The quantitative estimate of drug-likeness (QED) is 0.616. The Morgan fingerprint density at radius 1 is 1.33 bits per heavy atom. The van der Waals surface area contributed by atoms with Crippen LogP contribution in [0.5, 0.6) is 0 Å². The Hall–Kier alpha value is -2.12. The summed E-state index contributed by atoms with van der Waals surface area (Å²) in [6, 6.07) is 0. The fourth-order valence-electron chi connectivity index (χ4n) is 1.17. The molecule has 0 bridgehead atoms. The van der Waals surface area contributed by atoms with Crippen molar-refractivity contribution < 1.29 is 0 Å². The number of nitrogens with two attached hydrogens (primary N) is 1. The zero-order chi connectivity index (χ0) is 11.7. The lowest BCUT2D eigenvalue weighted by molar-refractivity contribution is 0.626. The van der Waals surface area contributed by atoms with Crippen molar-refractivity contribution >= 4 is 11.5 Å². The van der Waals surface area contributed by atoms with E-state index >= 15 is 0 Å². The number of nitrogens with zero attached hydrogens (tertiary/aromatic N) is 4. The van der Waals surface area contributed by atoms with E-state index in [1.807, 2.05) is 0 Å². The number of nitroso groups, excluding NO2 is 1. The Morgan fingerprint density at radius 2 is 1.87 bits per heavy atom. The van der Waals surface area contributed by atoms with E-state index in [-0.39, 0.29) is 5.82 Å². The zero-order valence-corrected chi connectivity index (χ0v) is 8.59. The second kappa shape index (κ2) is 3.56. The molecule has 82 valence electrons. The average molecular weight is 213 g/mol. The maximum absolute atomic E-state index is 11.6. The fourth-order valence-corrected chi connectivity index (χ4v) is 1.17. The van der Waals surface area contributed by atoms with E-state index in [1.165, 1.54) is 12.1 Å². The average Bonchev–Trinajstić information content (AvgIpc) is 2.15. The first-order valence-corrected chi connectivity index (χ1v) is 4.04. The van der Waals surface area contributed by atoms with Crippen molar-refractivity contribution in [1.29, 1.82) is 0 Å². The summed E-state index contributed by atoms with van der Waals surface area (Å²) in [7, 11) is 4.35. The molecule has 0 saturated heterocycles. The van der Waals surface area contributed by atoms with Crippen molar-refractivity contribution in [2.24, 2.45) is 12.2 Å². The van der Waals surface area contributed by atoms with Crippen LogP contribution in [0.4, 0.5) is 11.5 Å². The summed E-state index contributed by atoms with van der Waals surface area (Å²) in [5.74, 6) is -0.261. The molecule has 0 aliphatic rings. The number of hydrogen-bond acceptors (Lipinski definition) is 6. The molecule has 1 rings (SSSR count). The normalized spacial score (nSPS) is 10.1. The highest BCUT2D eigenvalue weighted by atomic mass is 16.3. The van der Waals surface area contributed by atoms with Gasteiger partial charge in [-0.05, 0) is 5.18 Å². The first-order valence-electron chi connectivity index (χ1n) is 4.04. The van der Waals surface area contributed by atoms with Gasteiger partial charge in [-0.1, -0.05) is 0 Å². The molecule has 0 aliphatic heterocycles. The molecule has 0 fully saturated rings. The second-order valence-electron chi connectivity index (χ2n) is 3.13. The first kappa shape index (κ1) is 11.0. The van der Waals surface area contributed by atoms with Gasteiger partial charge in [-0.15, -0.1) is 4.91 Å². The number of hydrogen-bond donors (Lipinski definition) is 1. The van der Waals surface area contributed by atoms with E-state index in [1.54, 1.807) is 14.1 Å². The molecule has 0 saturated carbocycles. The molecule has 0 aliphatic carbocycles. The molecule has 15 heavy (non-hydrogen) atoms. The van der Waals surface area contributed by atoms with Crippen LogP contribution < -0.4 is 22.0 Å². The molecule has 0 unspecified atom stereocenters. The fraction of sp³-hybridized carbons (Fsp3) is 0.429. The molecule has 1 aromatic heterocycles. The Bertz CT molecular complexity index is 513. The van der Waals surface area contributed by atoms with Crippen molar-refractivity contribution in [3.63, 3.8) is 0 Å². The summed E-state index contributed by atoms with van der Waals surface area (Å²) >= 11 is 0. The van der Waals surface area contributed by atoms with E-state index in [0.29, 0.717) is 0 Å². The van der Waals surface area contributed by atoms with E-state index < -0.39 is 16.9 Å². The van der Waals surface area contributed by atoms with Gasteiger partial charge in [0.1, 0.15) is 0 Å². The molecular weight excluding hydrogens is 202 g/mol. The number of rotatable bonds is 2. The van der Waals surface area contributed by atoms with Crippen LogP contribution >= 0.6 is 0 Å². The van der Waals surface area contributed by atoms with Crippen LogP contribution in [0.15, 0.2) is 14.8 Å². The maximum Gasteiger partial charge on any atom is 0.351 e. The zero-order valence-electron chi connectivity index (χ0n) is 8.59. The summed E-state index contributed by atoms with van der Waals surface area (Å²) in [5.41, 5.74) is 3.58. The summed E-state index contributed by atoms with van der Waals surface area (Å²) in [6.07, 6.45) is 0. The second-order valence-corrected chi connectivity index (χ2v) is 3.13. The van der Waals surface area contributed by atoms with Gasteiger partial charge in [0.15, 0.2) is 5.82 Å². The Balaban J connectivity index is 3.85. The third kappa shape index (κ3) is 1.49. The van der Waals surface area contributed by atoms with Gasteiger partial charge in [-0.3, -0.25) is 9.36 Å². The summed E-state index contributed by atoms with van der Waals surface area (Å²) in [6.45, 7) is 0. The highest BCUT2D eigenvalue weighted by Crippen LogP contribution is 2.12. The molecule has 0 amide bonds. The minimum atomic E-state index is -0.800. The van der Waals surface area contributed by atoms with Crippen LogP contribution in [0.1, 0.15) is 0 Å². The number of nitrogen functional groups attached to an aromatic ring is 1. The molecule has 1 aromatic rings. The summed E-state index contributed by atoms with van der Waals surface area (Å²) < 4.78 is 1.76.